The van der Waals surface area contributed by atoms with Crippen LogP contribution in [0.15, 0.2) is 152 Å². The van der Waals surface area contributed by atoms with Crippen LogP contribution < -0.4 is 37.9 Å². The molecule has 8 aromatic rings. The number of nitrogens with one attached hydrogen (secondary N) is 1. The second-order valence-corrected chi connectivity index (χ2v) is 31.1. The Morgan fingerprint density at radius 1 is 0.417 bits per heavy atom. The van der Waals surface area contributed by atoms with Gasteiger partial charge in [-0.3, -0.25) is 9.59 Å². The maximum absolute atomic E-state index is 12.9. The monoisotopic (exact) mass is 1610 g/mol. The normalized spacial score (nSPS) is 12.3. The number of aryl methyl sites for hydroxylation is 2. The number of aliphatic hydroxyl groups excluding tert-OH is 4. The molecule has 0 heterocycles. The Bertz CT molecular complexity index is 4270. The summed E-state index contributed by atoms with van der Waals surface area (Å²) in [7, 11) is 2.68. The van der Waals surface area contributed by atoms with E-state index in [1.807, 2.05) is 137 Å². The van der Waals surface area contributed by atoms with Crippen molar-refractivity contribution in [2.45, 2.75) is 224 Å². The molecule has 1 amide bonds. The first-order valence-corrected chi connectivity index (χ1v) is 41.1. The molecule has 0 aliphatic carbocycles. The van der Waals surface area contributed by atoms with E-state index in [9.17, 15) is 43.2 Å². The zero-order chi connectivity index (χ0) is 84.8. The standard InChI is InChI=1S/C25H34O5.C24H33NO4.C23H32O6S.C21H26O5/c1-8-18(3)19-9-11-22(12-10-19)29-24(26)25(4,5)30-23-20(15-27-6)13-17(2)14-21(23)16-28-7;1-5-17(4)18-6-8-22(9-7-18)29-11-10-23(28)25-24-20(14-26)12-19(16(2)3)13-21(24)15-27;1-6-18(3)19-7-9-22(10-8-19)29-30(24,25)12-11-28-23-20(15-26-4)13-17(2)14-21(23)16-27-5;1-3-15(2)16-7-9-19(10-8-16)25-12-11-20(24)26-21-17(13-22)5-4-6-18(21)14-23/h9-14,18H,8,15-16H2,1-7H3;6-9,12-13,16-17,26-27H,5,10-11,14-15H2,1-4H3,(H,25,28);7-10,13-14,18H,6,11-12,15-16H2,1-5H3;4-10,15,22-23H,3,11-14H2,1-2H3. The fourth-order valence-corrected chi connectivity index (χ4v) is 12.8. The van der Waals surface area contributed by atoms with Crippen LogP contribution in [0.1, 0.15) is 235 Å². The predicted octanol–water partition coefficient (Wildman–Crippen LogP) is 18.4. The fraction of sp³-hybridized carbons (Fsp3) is 0.452. The van der Waals surface area contributed by atoms with Crippen LogP contribution in [0, 0.1) is 13.8 Å². The molecule has 0 saturated carbocycles. The van der Waals surface area contributed by atoms with Crippen LogP contribution in [-0.2, 0) is 96.3 Å². The minimum Gasteiger partial charge on any atom is -0.493 e. The summed E-state index contributed by atoms with van der Waals surface area (Å²) in [4.78, 5) is 37.4. The third-order valence-corrected chi connectivity index (χ3v) is 20.7. The van der Waals surface area contributed by atoms with Gasteiger partial charge in [-0.2, -0.15) is 8.42 Å². The number of amides is 1. The van der Waals surface area contributed by atoms with E-state index >= 15 is 0 Å². The number of esters is 2. The molecule has 0 bridgehead atoms. The average Bonchev–Trinajstić information content (AvgIpc) is 0.780. The van der Waals surface area contributed by atoms with Crippen LogP contribution in [0.3, 0.4) is 0 Å². The third-order valence-electron chi connectivity index (χ3n) is 19.6. The summed E-state index contributed by atoms with van der Waals surface area (Å²) in [6.45, 7) is 29.7. The van der Waals surface area contributed by atoms with Crippen molar-refractivity contribution >= 4 is 33.7 Å². The number of carbonyl (C=O) groups is 3. The number of benzene rings is 8. The lowest BCUT2D eigenvalue weighted by Crippen LogP contribution is -2.42. The summed E-state index contributed by atoms with van der Waals surface area (Å²) in [5.41, 5.74) is 12.9. The zero-order valence-electron chi connectivity index (χ0n) is 70.8. The zero-order valence-corrected chi connectivity index (χ0v) is 71.6. The van der Waals surface area contributed by atoms with E-state index in [0.717, 1.165) is 75.9 Å². The van der Waals surface area contributed by atoms with Gasteiger partial charge in [0, 0.05) is 72.9 Å². The quantitative estimate of drug-likeness (QED) is 0.0135. The van der Waals surface area contributed by atoms with E-state index in [0.29, 0.717) is 107 Å². The molecular weight excluding hydrogens is 1480 g/mol. The summed E-state index contributed by atoms with van der Waals surface area (Å²) in [6, 6.07) is 47.3. The Morgan fingerprint density at radius 3 is 1.15 bits per heavy atom. The topological polar surface area (TPSA) is 280 Å². The Morgan fingerprint density at radius 2 is 0.783 bits per heavy atom. The first-order chi connectivity index (χ1) is 55.0. The molecule has 8 aromatic carbocycles. The number of hydrogen-bond donors (Lipinski definition) is 5. The van der Waals surface area contributed by atoms with Gasteiger partial charge in [0.2, 0.25) is 11.5 Å². The van der Waals surface area contributed by atoms with Gasteiger partial charge in [-0.05, 0) is 159 Å². The molecule has 628 valence electrons. The van der Waals surface area contributed by atoms with Crippen LogP contribution in [0.25, 0.3) is 0 Å². The molecule has 0 aliphatic heterocycles. The second-order valence-electron chi connectivity index (χ2n) is 29.4. The fourth-order valence-electron chi connectivity index (χ4n) is 12.1. The van der Waals surface area contributed by atoms with Crippen molar-refractivity contribution in [1.29, 1.82) is 0 Å². The number of carbonyl (C=O) groups excluding carboxylic acids is 3. The van der Waals surface area contributed by atoms with E-state index in [-0.39, 0.29) is 82.4 Å². The number of ether oxygens (including phenoxy) is 10. The first-order valence-electron chi connectivity index (χ1n) is 39.5. The molecule has 21 nitrogen and oxygen atoms in total. The Balaban J connectivity index is 0.000000274. The number of anilines is 1. The highest BCUT2D eigenvalue weighted by Crippen LogP contribution is 2.35. The van der Waals surface area contributed by atoms with Gasteiger partial charge >= 0.3 is 22.1 Å². The number of rotatable bonds is 41. The number of methoxy groups -OCH3 is 4. The highest BCUT2D eigenvalue weighted by molar-refractivity contribution is 7.87. The van der Waals surface area contributed by atoms with Gasteiger partial charge < -0.3 is 77.3 Å². The highest BCUT2D eigenvalue weighted by Gasteiger charge is 2.34. The molecule has 8 rings (SSSR count). The van der Waals surface area contributed by atoms with Crippen LogP contribution in [0.2, 0.25) is 0 Å². The SMILES string of the molecule is CCC(C)c1ccc(OC(=O)C(C)(C)Oc2c(COC)cc(C)cc2COC)cc1.CCC(C)c1ccc(OCCC(=O)Nc2c(CO)cc(C(C)C)cc2CO)cc1.CCC(C)c1ccc(OCCC(=O)Oc2c(CO)cccc2CO)cc1.CCC(C)c1ccc(OS(=O)(=O)CCOc2c(COC)cc(C)cc2COC)cc1. The maximum atomic E-state index is 12.9. The van der Waals surface area contributed by atoms with Gasteiger partial charge in [0.15, 0.2) is 0 Å². The van der Waals surface area contributed by atoms with Crippen molar-refractivity contribution in [2.75, 3.05) is 59.3 Å². The van der Waals surface area contributed by atoms with Gasteiger partial charge in [0.05, 0.1) is 84.6 Å². The Labute approximate surface area is 683 Å². The summed E-state index contributed by atoms with van der Waals surface area (Å²) in [6.07, 6.45) is 4.49. The molecule has 4 atom stereocenters. The molecule has 0 radical (unpaired) electrons. The lowest BCUT2D eigenvalue weighted by atomic mass is 9.96. The van der Waals surface area contributed by atoms with Crippen molar-refractivity contribution in [2.24, 2.45) is 0 Å². The lowest BCUT2D eigenvalue weighted by Gasteiger charge is -2.27. The first kappa shape index (κ1) is 96.4. The van der Waals surface area contributed by atoms with Crippen molar-refractivity contribution in [3.05, 3.63) is 235 Å². The largest absolute Gasteiger partial charge is 0.493 e. The van der Waals surface area contributed by atoms with Crippen LogP contribution in [0.5, 0.6) is 40.2 Å². The predicted molar refractivity (Wildman–Crippen MR) is 451 cm³/mol. The van der Waals surface area contributed by atoms with E-state index in [1.54, 1.807) is 72.6 Å². The summed E-state index contributed by atoms with van der Waals surface area (Å²) >= 11 is 0. The van der Waals surface area contributed by atoms with Gasteiger partial charge in [0.25, 0.3) is 0 Å². The van der Waals surface area contributed by atoms with E-state index < -0.39 is 27.7 Å². The van der Waals surface area contributed by atoms with Crippen molar-refractivity contribution in [3.63, 3.8) is 0 Å². The summed E-state index contributed by atoms with van der Waals surface area (Å²) in [5.74, 6) is 4.39. The number of para-hydroxylation sites is 1. The number of aliphatic hydroxyl groups is 4. The van der Waals surface area contributed by atoms with Crippen molar-refractivity contribution < 1.29 is 94.8 Å². The minimum atomic E-state index is -3.79. The average molecular weight is 1610 g/mol. The molecule has 5 N–H and O–H groups in total. The number of hydrogen-bond acceptors (Lipinski definition) is 20. The lowest BCUT2D eigenvalue weighted by molar-refractivity contribution is -0.149. The molecule has 0 aliphatic rings. The molecule has 0 spiro atoms. The molecule has 4 unspecified atom stereocenters. The van der Waals surface area contributed by atoms with Crippen LogP contribution >= 0.6 is 0 Å². The van der Waals surface area contributed by atoms with E-state index in [2.05, 4.69) is 72.8 Å². The highest BCUT2D eigenvalue weighted by atomic mass is 32.2. The molecule has 115 heavy (non-hydrogen) atoms. The second kappa shape index (κ2) is 49.7. The smallest absolute Gasteiger partial charge is 0.355 e. The molecule has 0 aromatic heterocycles. The summed E-state index contributed by atoms with van der Waals surface area (Å²) < 4.78 is 85.4. The van der Waals surface area contributed by atoms with Crippen LogP contribution in [0.4, 0.5) is 5.69 Å². The Kier molecular flexibility index (Phi) is 41.6. The van der Waals surface area contributed by atoms with Crippen molar-refractivity contribution in [1.82, 2.24) is 0 Å². The summed E-state index contributed by atoms with van der Waals surface area (Å²) in [5, 5.41) is 40.9. The molecule has 22 heteroatoms. The van der Waals surface area contributed by atoms with Gasteiger partial charge in [-0.1, -0.05) is 183 Å². The Hall–Kier alpha value is -9.20. The van der Waals surface area contributed by atoms with Crippen LogP contribution in [-0.4, -0.2) is 106 Å². The molecule has 0 saturated heterocycles. The van der Waals surface area contributed by atoms with Gasteiger partial charge in [0.1, 0.15) is 52.6 Å². The minimum absolute atomic E-state index is 0.0379. The molecule has 0 fully saturated rings. The van der Waals surface area contributed by atoms with Gasteiger partial charge in [-0.15, -0.1) is 0 Å². The van der Waals surface area contributed by atoms with E-state index in [1.165, 1.54) is 16.7 Å². The van der Waals surface area contributed by atoms with E-state index in [4.69, 9.17) is 51.6 Å². The maximum Gasteiger partial charge on any atom is 0.355 e. The van der Waals surface area contributed by atoms with Crippen molar-refractivity contribution in [3.8, 4) is 40.2 Å². The molecular formula is C93H125NO20S. The third kappa shape index (κ3) is 31.4. The van der Waals surface area contributed by atoms with Gasteiger partial charge in [-0.25, -0.2) is 4.79 Å².